The molecule has 0 saturated carbocycles. The van der Waals surface area contributed by atoms with Crippen molar-refractivity contribution >= 4 is 17.5 Å². The summed E-state index contributed by atoms with van der Waals surface area (Å²) in [5.74, 6) is 0.00316. The van der Waals surface area contributed by atoms with Gasteiger partial charge in [0.25, 0.3) is 5.91 Å². The fourth-order valence-corrected chi connectivity index (χ4v) is 1.95. The Kier molecular flexibility index (Phi) is 3.99. The zero-order valence-corrected chi connectivity index (χ0v) is 10.2. The van der Waals surface area contributed by atoms with Gasteiger partial charge in [0, 0.05) is 30.2 Å². The van der Waals surface area contributed by atoms with E-state index >= 15 is 0 Å². The number of hydrogen-bond acceptors (Lipinski definition) is 3. The van der Waals surface area contributed by atoms with Crippen LogP contribution in [-0.4, -0.2) is 43.2 Å². The molecule has 1 aromatic rings. The predicted octanol–water partition coefficient (Wildman–Crippen LogP) is 1.14. The fourth-order valence-electron chi connectivity index (χ4n) is 1.82. The van der Waals surface area contributed by atoms with E-state index in [2.05, 4.69) is 0 Å². The molecule has 17 heavy (non-hydrogen) atoms. The number of nitrogens with two attached hydrogens (primary N) is 1. The standard InChI is InChI=1S/C12H15ClN2O2/c13-10-3-1-9(2-4-10)12(16)15-5-6-17-11(7-14)8-15/h1-4,11H,5-8,14H2. The molecule has 1 amide bonds. The van der Waals surface area contributed by atoms with E-state index in [1.54, 1.807) is 29.2 Å². The second-order valence-corrected chi connectivity index (χ2v) is 4.42. The summed E-state index contributed by atoms with van der Waals surface area (Å²) in [7, 11) is 0. The molecule has 1 heterocycles. The Hall–Kier alpha value is -1.10. The maximum Gasteiger partial charge on any atom is 0.254 e. The molecular weight excluding hydrogens is 240 g/mol. The van der Waals surface area contributed by atoms with Crippen molar-refractivity contribution in [2.45, 2.75) is 6.10 Å². The lowest BCUT2D eigenvalue weighted by molar-refractivity contribution is -0.0167. The highest BCUT2D eigenvalue weighted by Crippen LogP contribution is 2.13. The second kappa shape index (κ2) is 5.49. The summed E-state index contributed by atoms with van der Waals surface area (Å²) >= 11 is 5.79. The van der Waals surface area contributed by atoms with Crippen LogP contribution in [0.5, 0.6) is 0 Å². The molecule has 1 fully saturated rings. The summed E-state index contributed by atoms with van der Waals surface area (Å²) in [5, 5.41) is 0.628. The summed E-state index contributed by atoms with van der Waals surface area (Å²) in [4.78, 5) is 13.9. The van der Waals surface area contributed by atoms with Gasteiger partial charge in [-0.05, 0) is 24.3 Å². The minimum atomic E-state index is -0.0556. The SMILES string of the molecule is NCC1CN(C(=O)c2ccc(Cl)cc2)CCO1. The zero-order valence-electron chi connectivity index (χ0n) is 9.43. The van der Waals surface area contributed by atoms with E-state index < -0.39 is 0 Å². The van der Waals surface area contributed by atoms with E-state index in [0.29, 0.717) is 36.8 Å². The third kappa shape index (κ3) is 2.97. The zero-order chi connectivity index (χ0) is 12.3. The molecule has 0 radical (unpaired) electrons. The van der Waals surface area contributed by atoms with Crippen LogP contribution in [0.25, 0.3) is 0 Å². The molecule has 2 N–H and O–H groups in total. The summed E-state index contributed by atoms with van der Waals surface area (Å²) in [6, 6.07) is 6.90. The first-order valence-electron chi connectivity index (χ1n) is 5.57. The molecule has 1 saturated heterocycles. The van der Waals surface area contributed by atoms with Crippen molar-refractivity contribution < 1.29 is 9.53 Å². The molecule has 1 unspecified atom stereocenters. The lowest BCUT2D eigenvalue weighted by Crippen LogP contribution is -2.48. The van der Waals surface area contributed by atoms with Gasteiger partial charge < -0.3 is 15.4 Å². The number of morpholine rings is 1. The summed E-state index contributed by atoms with van der Waals surface area (Å²) in [5.41, 5.74) is 6.19. The Labute approximate surface area is 105 Å². The molecule has 0 aliphatic carbocycles. The molecule has 1 aromatic carbocycles. The number of carbonyl (C=O) groups is 1. The number of carbonyl (C=O) groups excluding carboxylic acids is 1. The number of benzene rings is 1. The van der Waals surface area contributed by atoms with Gasteiger partial charge in [0.2, 0.25) is 0 Å². The van der Waals surface area contributed by atoms with Crippen LogP contribution in [0, 0.1) is 0 Å². The highest BCUT2D eigenvalue weighted by Gasteiger charge is 2.23. The Morgan fingerprint density at radius 2 is 2.18 bits per heavy atom. The van der Waals surface area contributed by atoms with Crippen LogP contribution in [0.2, 0.25) is 5.02 Å². The number of rotatable bonds is 2. The van der Waals surface area contributed by atoms with Gasteiger partial charge in [-0.25, -0.2) is 0 Å². The number of amides is 1. The average molecular weight is 255 g/mol. The van der Waals surface area contributed by atoms with Crippen LogP contribution in [0.15, 0.2) is 24.3 Å². The topological polar surface area (TPSA) is 55.6 Å². The molecule has 92 valence electrons. The molecule has 0 spiro atoms. The first kappa shape index (κ1) is 12.4. The maximum atomic E-state index is 12.2. The molecular formula is C12H15ClN2O2. The maximum absolute atomic E-state index is 12.2. The average Bonchev–Trinajstić information content (AvgIpc) is 2.39. The normalized spacial score (nSPS) is 20.4. The lowest BCUT2D eigenvalue weighted by atomic mass is 10.1. The Morgan fingerprint density at radius 3 is 2.82 bits per heavy atom. The molecule has 0 bridgehead atoms. The predicted molar refractivity (Wildman–Crippen MR) is 66.1 cm³/mol. The third-order valence-corrected chi connectivity index (χ3v) is 3.03. The smallest absolute Gasteiger partial charge is 0.254 e. The number of ether oxygens (including phenoxy) is 1. The minimum absolute atomic E-state index is 0.00316. The summed E-state index contributed by atoms with van der Waals surface area (Å²) < 4.78 is 5.42. The van der Waals surface area contributed by atoms with E-state index in [4.69, 9.17) is 22.1 Å². The van der Waals surface area contributed by atoms with Crippen molar-refractivity contribution in [3.63, 3.8) is 0 Å². The van der Waals surface area contributed by atoms with Gasteiger partial charge in [0.15, 0.2) is 0 Å². The molecule has 1 aliphatic rings. The molecule has 4 nitrogen and oxygen atoms in total. The number of hydrogen-bond donors (Lipinski definition) is 1. The van der Waals surface area contributed by atoms with E-state index in [1.165, 1.54) is 0 Å². The van der Waals surface area contributed by atoms with E-state index in [-0.39, 0.29) is 12.0 Å². The summed E-state index contributed by atoms with van der Waals surface area (Å²) in [6.45, 7) is 2.14. The van der Waals surface area contributed by atoms with Gasteiger partial charge in [-0.3, -0.25) is 4.79 Å². The quantitative estimate of drug-likeness (QED) is 0.861. The second-order valence-electron chi connectivity index (χ2n) is 3.99. The molecule has 2 rings (SSSR count). The van der Waals surface area contributed by atoms with Crippen LogP contribution < -0.4 is 5.73 Å². The Balaban J connectivity index is 2.06. The monoisotopic (exact) mass is 254 g/mol. The van der Waals surface area contributed by atoms with Crippen molar-refractivity contribution in [1.82, 2.24) is 4.90 Å². The van der Waals surface area contributed by atoms with Gasteiger partial charge in [0.1, 0.15) is 0 Å². The molecule has 1 aliphatic heterocycles. The van der Waals surface area contributed by atoms with Crippen molar-refractivity contribution in [2.75, 3.05) is 26.2 Å². The van der Waals surface area contributed by atoms with Gasteiger partial charge in [-0.2, -0.15) is 0 Å². The summed E-state index contributed by atoms with van der Waals surface area (Å²) in [6.07, 6.45) is -0.0556. The van der Waals surface area contributed by atoms with E-state index in [1.807, 2.05) is 0 Å². The molecule has 0 aromatic heterocycles. The highest BCUT2D eigenvalue weighted by molar-refractivity contribution is 6.30. The van der Waals surface area contributed by atoms with Crippen molar-refractivity contribution in [2.24, 2.45) is 5.73 Å². The largest absolute Gasteiger partial charge is 0.373 e. The van der Waals surface area contributed by atoms with Gasteiger partial charge in [0.05, 0.1) is 12.7 Å². The first-order chi connectivity index (χ1) is 8.20. The van der Waals surface area contributed by atoms with E-state index in [9.17, 15) is 4.79 Å². The van der Waals surface area contributed by atoms with Crippen molar-refractivity contribution in [1.29, 1.82) is 0 Å². The van der Waals surface area contributed by atoms with Gasteiger partial charge >= 0.3 is 0 Å². The Morgan fingerprint density at radius 1 is 1.47 bits per heavy atom. The number of nitrogens with zero attached hydrogens (tertiary/aromatic N) is 1. The fraction of sp³-hybridized carbons (Fsp3) is 0.417. The minimum Gasteiger partial charge on any atom is -0.373 e. The van der Waals surface area contributed by atoms with Gasteiger partial charge in [-0.1, -0.05) is 11.6 Å². The molecule has 1 atom stereocenters. The van der Waals surface area contributed by atoms with Crippen molar-refractivity contribution in [3.05, 3.63) is 34.9 Å². The van der Waals surface area contributed by atoms with Crippen LogP contribution in [-0.2, 0) is 4.74 Å². The van der Waals surface area contributed by atoms with E-state index in [0.717, 1.165) is 0 Å². The molecule has 5 heteroatoms. The lowest BCUT2D eigenvalue weighted by Gasteiger charge is -2.32. The highest BCUT2D eigenvalue weighted by atomic mass is 35.5. The Bertz CT molecular complexity index is 394. The van der Waals surface area contributed by atoms with Crippen LogP contribution in [0.4, 0.5) is 0 Å². The van der Waals surface area contributed by atoms with Crippen molar-refractivity contribution in [3.8, 4) is 0 Å². The van der Waals surface area contributed by atoms with Crippen LogP contribution in [0.3, 0.4) is 0 Å². The van der Waals surface area contributed by atoms with Crippen LogP contribution in [0.1, 0.15) is 10.4 Å². The van der Waals surface area contributed by atoms with Gasteiger partial charge in [-0.15, -0.1) is 0 Å². The van der Waals surface area contributed by atoms with Crippen LogP contribution >= 0.6 is 11.6 Å². The third-order valence-electron chi connectivity index (χ3n) is 2.78. The number of halogens is 1. The first-order valence-corrected chi connectivity index (χ1v) is 5.95.